The quantitative estimate of drug-likeness (QED) is 0.422. The number of benzene rings is 2. The van der Waals surface area contributed by atoms with E-state index in [1.807, 2.05) is 0 Å². The van der Waals surface area contributed by atoms with Crippen LogP contribution >= 0.6 is 0 Å². The molecule has 1 unspecified atom stereocenters. The Labute approximate surface area is 204 Å². The molecule has 0 aromatic heterocycles. The fraction of sp³-hybridized carbons (Fsp3) is 0.250. The second-order valence-corrected chi connectivity index (χ2v) is 7.42. The van der Waals surface area contributed by atoms with Gasteiger partial charge in [0, 0.05) is 39.3 Å². The highest BCUT2D eigenvalue weighted by Crippen LogP contribution is 2.48. The average Bonchev–Trinajstić information content (AvgIpc) is 3.07. The van der Waals surface area contributed by atoms with Gasteiger partial charge in [0.15, 0.2) is 6.10 Å². The van der Waals surface area contributed by atoms with Crippen LogP contribution in [0.3, 0.4) is 0 Å². The van der Waals surface area contributed by atoms with Gasteiger partial charge >= 0.3 is 35.8 Å². The molecule has 12 nitrogen and oxygen atoms in total. The Kier molecular flexibility index (Phi) is 7.37. The van der Waals surface area contributed by atoms with E-state index >= 15 is 0 Å². The van der Waals surface area contributed by atoms with Crippen LogP contribution in [0.25, 0.3) is 0 Å². The molecular formula is C24H20O12. The minimum atomic E-state index is -1.40. The van der Waals surface area contributed by atoms with Crippen LogP contribution < -0.4 is 18.9 Å². The van der Waals surface area contributed by atoms with Gasteiger partial charge in [0.25, 0.3) is 0 Å². The van der Waals surface area contributed by atoms with E-state index in [1.54, 1.807) is 0 Å². The molecule has 0 radical (unpaired) electrons. The van der Waals surface area contributed by atoms with Gasteiger partial charge in [-0.15, -0.1) is 0 Å². The lowest BCUT2D eigenvalue weighted by atomic mass is 9.95. The molecule has 0 fully saturated rings. The molecule has 36 heavy (non-hydrogen) atoms. The molecule has 188 valence electrons. The van der Waals surface area contributed by atoms with Crippen molar-refractivity contribution in [1.82, 2.24) is 0 Å². The van der Waals surface area contributed by atoms with Crippen LogP contribution in [0.4, 0.5) is 0 Å². The lowest BCUT2D eigenvalue weighted by Gasteiger charge is -2.20. The Hall–Kier alpha value is -4.74. The van der Waals surface area contributed by atoms with Crippen molar-refractivity contribution in [3.8, 4) is 23.0 Å². The molecule has 0 saturated carbocycles. The number of hydrogen-bond acceptors (Lipinski definition) is 12. The lowest BCUT2D eigenvalue weighted by molar-refractivity contribution is -0.133. The van der Waals surface area contributed by atoms with Gasteiger partial charge in [-0.1, -0.05) is 0 Å². The van der Waals surface area contributed by atoms with Crippen LogP contribution in [0.2, 0.25) is 0 Å². The molecule has 2 aromatic rings. The zero-order valence-corrected chi connectivity index (χ0v) is 19.8. The topological polar surface area (TPSA) is 158 Å². The Morgan fingerprint density at radius 2 is 1.22 bits per heavy atom. The molecule has 1 heterocycles. The van der Waals surface area contributed by atoms with Crippen molar-refractivity contribution < 1.29 is 57.2 Å². The smallest absolute Gasteiger partial charge is 0.343 e. The SMILES string of the molecule is COC(=O)c1cc(OC(C)=O)c(C2OC(=O)c3c(OC(C)=O)cc(OC(C)=O)cc32)c(OC(C)=O)c1. The van der Waals surface area contributed by atoms with E-state index in [1.165, 1.54) is 6.07 Å². The first-order chi connectivity index (χ1) is 16.9. The van der Waals surface area contributed by atoms with Crippen molar-refractivity contribution >= 4 is 35.8 Å². The van der Waals surface area contributed by atoms with Crippen LogP contribution in [0.5, 0.6) is 23.0 Å². The summed E-state index contributed by atoms with van der Waals surface area (Å²) in [6.45, 7) is 4.42. The summed E-state index contributed by atoms with van der Waals surface area (Å²) in [4.78, 5) is 72.0. The summed E-state index contributed by atoms with van der Waals surface area (Å²) in [5.41, 5.74) is -0.380. The van der Waals surface area contributed by atoms with Gasteiger partial charge in [0.1, 0.15) is 28.6 Å². The minimum Gasteiger partial charge on any atom is -0.465 e. The molecule has 0 spiro atoms. The van der Waals surface area contributed by atoms with Gasteiger partial charge < -0.3 is 28.4 Å². The zero-order chi connectivity index (χ0) is 26.7. The first-order valence-electron chi connectivity index (χ1n) is 10.3. The van der Waals surface area contributed by atoms with Crippen LogP contribution in [0, 0.1) is 0 Å². The third-order valence-corrected chi connectivity index (χ3v) is 4.63. The summed E-state index contributed by atoms with van der Waals surface area (Å²) in [5, 5.41) is 0. The fourth-order valence-electron chi connectivity index (χ4n) is 3.51. The second-order valence-electron chi connectivity index (χ2n) is 7.42. The maximum absolute atomic E-state index is 12.9. The van der Waals surface area contributed by atoms with E-state index in [0.717, 1.165) is 53.0 Å². The maximum Gasteiger partial charge on any atom is 0.343 e. The summed E-state index contributed by atoms with van der Waals surface area (Å²) >= 11 is 0. The largest absolute Gasteiger partial charge is 0.465 e. The Morgan fingerprint density at radius 3 is 1.69 bits per heavy atom. The molecular weight excluding hydrogens is 480 g/mol. The van der Waals surface area contributed by atoms with E-state index in [9.17, 15) is 28.8 Å². The Balaban J connectivity index is 2.34. The number of carbonyl (C=O) groups excluding carboxylic acids is 6. The summed E-state index contributed by atoms with van der Waals surface area (Å²) < 4.78 is 30.9. The highest BCUT2D eigenvalue weighted by molar-refractivity contribution is 5.99. The van der Waals surface area contributed by atoms with Crippen molar-refractivity contribution in [3.63, 3.8) is 0 Å². The van der Waals surface area contributed by atoms with Gasteiger partial charge in [-0.2, -0.15) is 0 Å². The van der Waals surface area contributed by atoms with E-state index in [4.69, 9.17) is 28.4 Å². The molecule has 0 aliphatic carbocycles. The van der Waals surface area contributed by atoms with E-state index in [2.05, 4.69) is 0 Å². The van der Waals surface area contributed by atoms with Crippen LogP contribution in [0.15, 0.2) is 24.3 Å². The van der Waals surface area contributed by atoms with E-state index in [-0.39, 0.29) is 45.3 Å². The van der Waals surface area contributed by atoms with Crippen LogP contribution in [-0.4, -0.2) is 42.9 Å². The molecule has 2 aromatic carbocycles. The lowest BCUT2D eigenvalue weighted by Crippen LogP contribution is -2.14. The minimum absolute atomic E-state index is 0.0441. The second kappa shape index (κ2) is 10.3. The fourth-order valence-corrected chi connectivity index (χ4v) is 3.51. The number of fused-ring (bicyclic) bond motifs is 1. The number of ether oxygens (including phenoxy) is 6. The van der Waals surface area contributed by atoms with Crippen molar-refractivity contribution in [2.75, 3.05) is 7.11 Å². The van der Waals surface area contributed by atoms with Gasteiger partial charge in [-0.3, -0.25) is 19.2 Å². The van der Waals surface area contributed by atoms with Gasteiger partial charge in [0.05, 0.1) is 18.2 Å². The molecule has 12 heteroatoms. The normalized spacial score (nSPS) is 13.7. The summed E-state index contributed by atoms with van der Waals surface area (Å²) in [7, 11) is 1.12. The van der Waals surface area contributed by atoms with Crippen molar-refractivity contribution in [2.45, 2.75) is 33.8 Å². The average molecular weight is 500 g/mol. The monoisotopic (exact) mass is 500 g/mol. The molecule has 1 atom stereocenters. The molecule has 0 amide bonds. The first-order valence-corrected chi connectivity index (χ1v) is 10.3. The first kappa shape index (κ1) is 25.9. The summed E-state index contributed by atoms with van der Waals surface area (Å²) in [6.07, 6.45) is -1.40. The van der Waals surface area contributed by atoms with E-state index < -0.39 is 41.9 Å². The van der Waals surface area contributed by atoms with Crippen molar-refractivity contribution in [1.29, 1.82) is 0 Å². The summed E-state index contributed by atoms with van der Waals surface area (Å²) in [5.74, 6) is -5.73. The number of methoxy groups -OCH3 is 1. The number of hydrogen-bond donors (Lipinski definition) is 0. The van der Waals surface area contributed by atoms with Crippen molar-refractivity contribution in [3.05, 3.63) is 46.5 Å². The van der Waals surface area contributed by atoms with Gasteiger partial charge in [-0.25, -0.2) is 9.59 Å². The number of esters is 6. The summed E-state index contributed by atoms with van der Waals surface area (Å²) in [6, 6.07) is 4.72. The maximum atomic E-state index is 12.9. The predicted molar refractivity (Wildman–Crippen MR) is 117 cm³/mol. The molecule has 0 bridgehead atoms. The molecule has 3 rings (SSSR count). The highest BCUT2D eigenvalue weighted by Gasteiger charge is 2.41. The highest BCUT2D eigenvalue weighted by atomic mass is 16.6. The Morgan fingerprint density at radius 1 is 0.722 bits per heavy atom. The molecule has 0 saturated heterocycles. The predicted octanol–water partition coefficient (Wildman–Crippen LogP) is 2.43. The third-order valence-electron chi connectivity index (χ3n) is 4.63. The number of rotatable bonds is 6. The number of carbonyl (C=O) groups is 6. The van der Waals surface area contributed by atoms with Gasteiger partial charge in [-0.05, 0) is 18.2 Å². The molecule has 0 N–H and O–H groups in total. The van der Waals surface area contributed by atoms with Crippen LogP contribution in [0.1, 0.15) is 65.6 Å². The van der Waals surface area contributed by atoms with Gasteiger partial charge in [0.2, 0.25) is 0 Å². The molecule has 1 aliphatic heterocycles. The van der Waals surface area contributed by atoms with E-state index in [0.29, 0.717) is 0 Å². The Bertz CT molecular complexity index is 1270. The molecule has 1 aliphatic rings. The third kappa shape index (κ3) is 5.49. The standard InChI is InChI=1S/C24H20O12/c1-10(25)32-15-8-16-20(19(9-15)35-13(4)28)24(30)36-22(16)21-17(33-11(2)26)6-14(23(29)31-5)7-18(21)34-12(3)27/h6-9,22H,1-5H3. The number of cyclic esters (lactones) is 1. The van der Waals surface area contributed by atoms with Crippen molar-refractivity contribution in [2.24, 2.45) is 0 Å². The van der Waals surface area contributed by atoms with Crippen LogP contribution in [-0.2, 0) is 28.7 Å². The zero-order valence-electron chi connectivity index (χ0n) is 19.8.